The topological polar surface area (TPSA) is 84.9 Å². The number of nitrogens with one attached hydrogen (secondary N) is 1. The van der Waals surface area contributed by atoms with Crippen LogP contribution in [0.5, 0.6) is 11.5 Å². The molecule has 0 aliphatic rings. The van der Waals surface area contributed by atoms with Crippen molar-refractivity contribution >= 4 is 44.0 Å². The molecule has 4 rings (SSSR count). The summed E-state index contributed by atoms with van der Waals surface area (Å²) in [4.78, 5) is 12.9. The Kier molecular flexibility index (Phi) is 7.67. The summed E-state index contributed by atoms with van der Waals surface area (Å²) < 4.78 is 38.8. The molecule has 0 saturated carbocycles. The van der Waals surface area contributed by atoms with Gasteiger partial charge in [0.1, 0.15) is 6.54 Å². The molecule has 0 bridgehead atoms. The molecular formula is C27H25ClN2O5S. The first kappa shape index (κ1) is 25.3. The van der Waals surface area contributed by atoms with Gasteiger partial charge >= 0.3 is 0 Å². The zero-order chi connectivity index (χ0) is 25.7. The van der Waals surface area contributed by atoms with Crippen LogP contribution in [0.1, 0.15) is 5.56 Å². The molecule has 0 aromatic heterocycles. The molecular weight excluding hydrogens is 500 g/mol. The van der Waals surface area contributed by atoms with Crippen molar-refractivity contribution in [2.75, 3.05) is 25.1 Å². The van der Waals surface area contributed by atoms with Crippen LogP contribution in [0.25, 0.3) is 10.8 Å². The highest BCUT2D eigenvalue weighted by Gasteiger charge is 2.28. The van der Waals surface area contributed by atoms with Gasteiger partial charge in [-0.3, -0.25) is 9.10 Å². The number of methoxy groups -OCH3 is 2. The van der Waals surface area contributed by atoms with Gasteiger partial charge in [0.15, 0.2) is 11.5 Å². The van der Waals surface area contributed by atoms with E-state index in [0.29, 0.717) is 16.5 Å². The van der Waals surface area contributed by atoms with Crippen molar-refractivity contribution in [3.05, 3.63) is 95.5 Å². The number of amides is 1. The van der Waals surface area contributed by atoms with E-state index in [2.05, 4.69) is 5.32 Å². The number of benzene rings is 4. The minimum Gasteiger partial charge on any atom is -0.493 e. The number of carbonyl (C=O) groups is 1. The largest absolute Gasteiger partial charge is 0.493 e. The molecule has 4 aromatic rings. The molecule has 0 atom stereocenters. The van der Waals surface area contributed by atoms with Crippen LogP contribution in [-0.4, -0.2) is 35.1 Å². The maximum absolute atomic E-state index is 13.7. The van der Waals surface area contributed by atoms with Crippen LogP contribution in [0.4, 0.5) is 5.69 Å². The Hall–Kier alpha value is -3.75. The predicted octanol–water partition coefficient (Wildman–Crippen LogP) is 5.02. The van der Waals surface area contributed by atoms with Gasteiger partial charge in [-0.15, -0.1) is 0 Å². The summed E-state index contributed by atoms with van der Waals surface area (Å²) in [5.41, 5.74) is 1.21. The van der Waals surface area contributed by atoms with E-state index in [1.165, 1.54) is 32.4 Å². The van der Waals surface area contributed by atoms with Crippen molar-refractivity contribution in [1.82, 2.24) is 5.32 Å². The van der Waals surface area contributed by atoms with E-state index in [4.69, 9.17) is 21.1 Å². The minimum absolute atomic E-state index is 0.0440. The number of hydrogen-bond acceptors (Lipinski definition) is 5. The highest BCUT2D eigenvalue weighted by Crippen LogP contribution is 2.32. The quantitative estimate of drug-likeness (QED) is 0.332. The van der Waals surface area contributed by atoms with Crippen molar-refractivity contribution in [2.24, 2.45) is 0 Å². The van der Waals surface area contributed by atoms with Crippen molar-refractivity contribution in [3.63, 3.8) is 0 Å². The lowest BCUT2D eigenvalue weighted by atomic mass is 10.1. The molecule has 36 heavy (non-hydrogen) atoms. The number of halogens is 1. The Morgan fingerprint density at radius 2 is 1.56 bits per heavy atom. The second-order valence-corrected chi connectivity index (χ2v) is 10.3. The maximum atomic E-state index is 13.7. The van der Waals surface area contributed by atoms with Crippen LogP contribution >= 0.6 is 11.6 Å². The van der Waals surface area contributed by atoms with E-state index in [0.717, 1.165) is 20.6 Å². The van der Waals surface area contributed by atoms with E-state index in [9.17, 15) is 13.2 Å². The second kappa shape index (κ2) is 10.9. The summed E-state index contributed by atoms with van der Waals surface area (Å²) >= 11 is 6.01. The van der Waals surface area contributed by atoms with Crippen molar-refractivity contribution in [3.8, 4) is 11.5 Å². The highest BCUT2D eigenvalue weighted by molar-refractivity contribution is 7.92. The van der Waals surface area contributed by atoms with Gasteiger partial charge in [0.2, 0.25) is 5.91 Å². The fraction of sp³-hybridized carbons (Fsp3) is 0.148. The van der Waals surface area contributed by atoms with Gasteiger partial charge in [-0.2, -0.15) is 0 Å². The molecule has 7 nitrogen and oxygen atoms in total. The van der Waals surface area contributed by atoms with Crippen LogP contribution in [0.2, 0.25) is 5.02 Å². The van der Waals surface area contributed by atoms with Crippen molar-refractivity contribution in [1.29, 1.82) is 0 Å². The molecule has 186 valence electrons. The third kappa shape index (κ3) is 5.56. The Morgan fingerprint density at radius 1 is 0.861 bits per heavy atom. The number of fused-ring (bicyclic) bond motifs is 1. The number of sulfonamides is 1. The Balaban J connectivity index is 1.59. The van der Waals surface area contributed by atoms with Gasteiger partial charge in [0.25, 0.3) is 10.0 Å². The van der Waals surface area contributed by atoms with E-state index in [1.807, 2.05) is 42.5 Å². The summed E-state index contributed by atoms with van der Waals surface area (Å²) in [6.07, 6.45) is 0. The molecule has 9 heteroatoms. The molecule has 0 saturated heterocycles. The van der Waals surface area contributed by atoms with Gasteiger partial charge in [-0.05, 0) is 58.8 Å². The lowest BCUT2D eigenvalue weighted by Crippen LogP contribution is -2.40. The maximum Gasteiger partial charge on any atom is 0.264 e. The first-order chi connectivity index (χ1) is 17.3. The third-order valence-corrected chi connectivity index (χ3v) is 7.67. The van der Waals surface area contributed by atoms with Gasteiger partial charge in [0, 0.05) is 17.6 Å². The zero-order valence-electron chi connectivity index (χ0n) is 19.8. The zero-order valence-corrected chi connectivity index (χ0v) is 21.3. The Bertz CT molecular complexity index is 1490. The van der Waals surface area contributed by atoms with Crippen LogP contribution in [0, 0.1) is 0 Å². The van der Waals surface area contributed by atoms with Crippen molar-refractivity contribution < 1.29 is 22.7 Å². The third-order valence-electron chi connectivity index (χ3n) is 5.65. The molecule has 0 heterocycles. The van der Waals surface area contributed by atoms with Crippen LogP contribution in [0.15, 0.2) is 89.8 Å². The minimum atomic E-state index is -4.14. The number of anilines is 1. The van der Waals surface area contributed by atoms with Gasteiger partial charge in [-0.25, -0.2) is 8.42 Å². The number of rotatable bonds is 9. The number of ether oxygens (including phenoxy) is 2. The normalized spacial score (nSPS) is 11.2. The van der Waals surface area contributed by atoms with Gasteiger partial charge < -0.3 is 14.8 Å². The molecule has 1 amide bonds. The second-order valence-electron chi connectivity index (χ2n) is 7.96. The Morgan fingerprint density at radius 3 is 2.25 bits per heavy atom. The monoisotopic (exact) mass is 524 g/mol. The highest BCUT2D eigenvalue weighted by atomic mass is 35.5. The smallest absolute Gasteiger partial charge is 0.264 e. The lowest BCUT2D eigenvalue weighted by Gasteiger charge is -2.24. The first-order valence-corrected chi connectivity index (χ1v) is 12.9. The van der Waals surface area contributed by atoms with Gasteiger partial charge in [-0.1, -0.05) is 48.0 Å². The number of nitrogens with zero attached hydrogens (tertiary/aromatic N) is 1. The summed E-state index contributed by atoms with van der Waals surface area (Å²) in [5, 5.41) is 5.43. The fourth-order valence-electron chi connectivity index (χ4n) is 3.76. The van der Waals surface area contributed by atoms with Crippen molar-refractivity contribution in [2.45, 2.75) is 11.4 Å². The summed E-state index contributed by atoms with van der Waals surface area (Å²) in [5.74, 6) is 0.195. The number of hydrogen-bond donors (Lipinski definition) is 1. The van der Waals surface area contributed by atoms with Crippen LogP contribution in [-0.2, 0) is 21.4 Å². The lowest BCUT2D eigenvalue weighted by molar-refractivity contribution is -0.119. The first-order valence-electron chi connectivity index (χ1n) is 11.1. The summed E-state index contributed by atoms with van der Waals surface area (Å²) in [6.45, 7) is -0.166. The average molecular weight is 525 g/mol. The summed E-state index contributed by atoms with van der Waals surface area (Å²) in [7, 11) is -1.25. The standard InChI is InChI=1S/C27H25ClN2O5S/c1-34-25-14-13-24(16-26(25)35-2)36(32,33)30(23-11-9-22(28)10-12-23)18-27(31)29-17-19-7-8-20-5-3-4-6-21(20)15-19/h3-16H,17-18H2,1-2H3,(H,29,31). The predicted molar refractivity (Wildman–Crippen MR) is 141 cm³/mol. The summed E-state index contributed by atoms with van der Waals surface area (Å²) in [6, 6.07) is 24.4. The molecule has 1 N–H and O–H groups in total. The van der Waals surface area contributed by atoms with E-state index in [-0.39, 0.29) is 17.2 Å². The SMILES string of the molecule is COc1ccc(S(=O)(=O)N(CC(=O)NCc2ccc3ccccc3c2)c2ccc(Cl)cc2)cc1OC. The number of carbonyl (C=O) groups excluding carboxylic acids is 1. The average Bonchev–Trinajstić information content (AvgIpc) is 2.90. The molecule has 4 aromatic carbocycles. The van der Waals surface area contributed by atoms with Gasteiger partial charge in [0.05, 0.1) is 24.8 Å². The fourth-order valence-corrected chi connectivity index (χ4v) is 5.33. The Labute approximate surface area is 215 Å². The molecule has 0 aliphatic carbocycles. The molecule has 0 aliphatic heterocycles. The van der Waals surface area contributed by atoms with E-state index in [1.54, 1.807) is 24.3 Å². The van der Waals surface area contributed by atoms with Crippen LogP contribution < -0.4 is 19.1 Å². The van der Waals surface area contributed by atoms with E-state index < -0.39 is 22.5 Å². The molecule has 0 radical (unpaired) electrons. The van der Waals surface area contributed by atoms with Crippen LogP contribution in [0.3, 0.4) is 0 Å². The molecule has 0 spiro atoms. The van der Waals surface area contributed by atoms with E-state index >= 15 is 0 Å². The molecule has 0 unspecified atom stereocenters. The molecule has 0 fully saturated rings.